The van der Waals surface area contributed by atoms with Crippen LogP contribution in [-0.4, -0.2) is 35.9 Å². The van der Waals surface area contributed by atoms with Gasteiger partial charge in [-0.05, 0) is 32.4 Å². The van der Waals surface area contributed by atoms with E-state index in [4.69, 9.17) is 5.26 Å². The van der Waals surface area contributed by atoms with Gasteiger partial charge in [-0.25, -0.2) is 0 Å². The van der Waals surface area contributed by atoms with Crippen LogP contribution < -0.4 is 10.2 Å². The standard InChI is InChI=1S/C12H17N5/c1-2-17(11-4-3-6-14-9-11)12-10(8-13)5-7-15-16-12/h5,7,11,14H,2-4,6,9H2,1H3. The lowest BCUT2D eigenvalue weighted by atomic mass is 10.1. The molecule has 1 aromatic heterocycles. The van der Waals surface area contributed by atoms with E-state index < -0.39 is 0 Å². The topological polar surface area (TPSA) is 64.8 Å². The van der Waals surface area contributed by atoms with Crippen LogP contribution in [0.4, 0.5) is 5.82 Å². The average Bonchev–Trinajstić information content (AvgIpc) is 2.41. The van der Waals surface area contributed by atoms with Gasteiger partial charge in [-0.3, -0.25) is 0 Å². The van der Waals surface area contributed by atoms with Gasteiger partial charge in [0.25, 0.3) is 0 Å². The van der Waals surface area contributed by atoms with E-state index in [0.29, 0.717) is 17.4 Å². The Bertz CT molecular complexity index is 406. The minimum absolute atomic E-state index is 0.414. The van der Waals surface area contributed by atoms with E-state index in [9.17, 15) is 0 Å². The normalized spacial score (nSPS) is 19.6. The Morgan fingerprint density at radius 3 is 3.18 bits per heavy atom. The van der Waals surface area contributed by atoms with Crippen molar-refractivity contribution in [2.24, 2.45) is 0 Å². The quantitative estimate of drug-likeness (QED) is 0.838. The van der Waals surface area contributed by atoms with E-state index in [2.05, 4.69) is 33.4 Å². The van der Waals surface area contributed by atoms with Crippen molar-refractivity contribution >= 4 is 5.82 Å². The highest BCUT2D eigenvalue weighted by Gasteiger charge is 2.23. The van der Waals surface area contributed by atoms with Crippen LogP contribution in [0.25, 0.3) is 0 Å². The lowest BCUT2D eigenvalue weighted by Crippen LogP contribution is -2.46. The molecular formula is C12H17N5. The summed E-state index contributed by atoms with van der Waals surface area (Å²) in [6.45, 7) is 4.97. The molecule has 0 aromatic carbocycles. The fraction of sp³-hybridized carbons (Fsp3) is 0.583. The first-order valence-electron chi connectivity index (χ1n) is 6.06. The summed E-state index contributed by atoms with van der Waals surface area (Å²) < 4.78 is 0. The summed E-state index contributed by atoms with van der Waals surface area (Å²) in [6, 6.07) is 4.32. The molecule has 1 aliphatic rings. The summed E-state index contributed by atoms with van der Waals surface area (Å²) in [5, 5.41) is 20.5. The van der Waals surface area contributed by atoms with Crippen molar-refractivity contribution in [1.29, 1.82) is 5.26 Å². The van der Waals surface area contributed by atoms with Crippen LogP contribution in [0.1, 0.15) is 25.3 Å². The Morgan fingerprint density at radius 1 is 1.65 bits per heavy atom. The molecule has 1 saturated heterocycles. The summed E-state index contributed by atoms with van der Waals surface area (Å²) in [7, 11) is 0. The molecule has 1 aliphatic heterocycles. The first-order valence-corrected chi connectivity index (χ1v) is 6.06. The van der Waals surface area contributed by atoms with Crippen LogP contribution in [0.15, 0.2) is 12.3 Å². The summed E-state index contributed by atoms with van der Waals surface area (Å²) in [4.78, 5) is 2.18. The molecule has 2 heterocycles. The number of hydrogen-bond acceptors (Lipinski definition) is 5. The molecule has 0 spiro atoms. The van der Waals surface area contributed by atoms with Gasteiger partial charge < -0.3 is 10.2 Å². The van der Waals surface area contributed by atoms with Crippen molar-refractivity contribution in [2.45, 2.75) is 25.8 Å². The summed E-state index contributed by atoms with van der Waals surface area (Å²) in [5.41, 5.74) is 0.604. The van der Waals surface area contributed by atoms with E-state index in [1.165, 1.54) is 6.42 Å². The highest BCUT2D eigenvalue weighted by molar-refractivity contribution is 5.53. The van der Waals surface area contributed by atoms with Gasteiger partial charge in [0.2, 0.25) is 0 Å². The maximum absolute atomic E-state index is 9.10. The molecule has 17 heavy (non-hydrogen) atoms. The number of rotatable bonds is 3. The minimum atomic E-state index is 0.414. The number of nitrogens with one attached hydrogen (secondary N) is 1. The first-order chi connectivity index (χ1) is 8.36. The smallest absolute Gasteiger partial charge is 0.169 e. The second kappa shape index (κ2) is 5.60. The van der Waals surface area contributed by atoms with Gasteiger partial charge >= 0.3 is 0 Å². The van der Waals surface area contributed by atoms with Crippen molar-refractivity contribution < 1.29 is 0 Å². The van der Waals surface area contributed by atoms with Crippen molar-refractivity contribution in [1.82, 2.24) is 15.5 Å². The molecule has 90 valence electrons. The van der Waals surface area contributed by atoms with Gasteiger partial charge in [0.1, 0.15) is 6.07 Å². The number of aromatic nitrogens is 2. The van der Waals surface area contributed by atoms with E-state index in [0.717, 1.165) is 26.1 Å². The zero-order chi connectivity index (χ0) is 12.1. The maximum Gasteiger partial charge on any atom is 0.169 e. The molecule has 1 fully saturated rings. The number of anilines is 1. The number of likely N-dealkylation sites (N-methyl/N-ethyl adjacent to an activating group) is 1. The second-order valence-electron chi connectivity index (χ2n) is 4.17. The average molecular weight is 231 g/mol. The van der Waals surface area contributed by atoms with Crippen LogP contribution in [0.5, 0.6) is 0 Å². The predicted molar refractivity (Wildman–Crippen MR) is 65.7 cm³/mol. The summed E-state index contributed by atoms with van der Waals surface area (Å²) in [5.74, 6) is 0.714. The molecule has 1 unspecified atom stereocenters. The number of hydrogen-bond donors (Lipinski definition) is 1. The third-order valence-corrected chi connectivity index (χ3v) is 3.15. The summed E-state index contributed by atoms with van der Waals surface area (Å²) in [6.07, 6.45) is 3.88. The SMILES string of the molecule is CCN(c1nnccc1C#N)C1CCCNC1. The van der Waals surface area contributed by atoms with E-state index in [1.807, 2.05) is 0 Å². The van der Waals surface area contributed by atoms with Gasteiger partial charge in [-0.15, -0.1) is 5.10 Å². The molecule has 0 saturated carbocycles. The Balaban J connectivity index is 2.25. The van der Waals surface area contributed by atoms with Crippen LogP contribution >= 0.6 is 0 Å². The third kappa shape index (κ3) is 2.53. The van der Waals surface area contributed by atoms with E-state index >= 15 is 0 Å². The largest absolute Gasteiger partial charge is 0.350 e. The molecule has 0 aliphatic carbocycles. The van der Waals surface area contributed by atoms with E-state index in [1.54, 1.807) is 12.3 Å². The van der Waals surface area contributed by atoms with Crippen molar-refractivity contribution in [3.05, 3.63) is 17.8 Å². The number of piperidine rings is 1. The molecular weight excluding hydrogens is 214 g/mol. The Labute approximate surface area is 101 Å². The van der Waals surface area contributed by atoms with Gasteiger partial charge in [-0.1, -0.05) is 0 Å². The highest BCUT2D eigenvalue weighted by atomic mass is 15.3. The maximum atomic E-state index is 9.10. The molecule has 0 bridgehead atoms. The molecule has 0 amide bonds. The summed E-state index contributed by atoms with van der Waals surface area (Å²) >= 11 is 0. The lowest BCUT2D eigenvalue weighted by Gasteiger charge is -2.34. The monoisotopic (exact) mass is 231 g/mol. The predicted octanol–water partition coefficient (Wildman–Crippen LogP) is 0.927. The van der Waals surface area contributed by atoms with Crippen molar-refractivity contribution in [3.63, 3.8) is 0 Å². The Hall–Kier alpha value is -1.67. The Morgan fingerprint density at radius 2 is 2.53 bits per heavy atom. The van der Waals surface area contributed by atoms with Crippen LogP contribution in [0.2, 0.25) is 0 Å². The lowest BCUT2D eigenvalue weighted by molar-refractivity contribution is 0.432. The van der Waals surface area contributed by atoms with Crippen LogP contribution in [0, 0.1) is 11.3 Å². The van der Waals surface area contributed by atoms with Gasteiger partial charge in [0.05, 0.1) is 11.8 Å². The van der Waals surface area contributed by atoms with Crippen LogP contribution in [0.3, 0.4) is 0 Å². The fourth-order valence-corrected chi connectivity index (χ4v) is 2.30. The van der Waals surface area contributed by atoms with Gasteiger partial charge in [0, 0.05) is 19.1 Å². The van der Waals surface area contributed by atoms with Crippen molar-refractivity contribution in [2.75, 3.05) is 24.5 Å². The molecule has 1 atom stereocenters. The second-order valence-corrected chi connectivity index (χ2v) is 4.17. The fourth-order valence-electron chi connectivity index (χ4n) is 2.30. The Kier molecular flexibility index (Phi) is 3.89. The van der Waals surface area contributed by atoms with Crippen LogP contribution in [-0.2, 0) is 0 Å². The number of nitriles is 1. The van der Waals surface area contributed by atoms with Gasteiger partial charge in [-0.2, -0.15) is 10.4 Å². The molecule has 1 aromatic rings. The third-order valence-electron chi connectivity index (χ3n) is 3.15. The molecule has 5 heteroatoms. The zero-order valence-electron chi connectivity index (χ0n) is 10.1. The number of nitrogens with zero attached hydrogens (tertiary/aromatic N) is 4. The first kappa shape index (κ1) is 11.8. The molecule has 0 radical (unpaired) electrons. The zero-order valence-corrected chi connectivity index (χ0v) is 10.1. The minimum Gasteiger partial charge on any atom is -0.350 e. The van der Waals surface area contributed by atoms with Crippen molar-refractivity contribution in [3.8, 4) is 6.07 Å². The molecule has 5 nitrogen and oxygen atoms in total. The van der Waals surface area contributed by atoms with Gasteiger partial charge in [0.15, 0.2) is 5.82 Å². The molecule has 2 rings (SSSR count). The molecule has 1 N–H and O–H groups in total. The van der Waals surface area contributed by atoms with E-state index in [-0.39, 0.29) is 0 Å². The highest BCUT2D eigenvalue weighted by Crippen LogP contribution is 2.20.